The molecule has 0 aliphatic carbocycles. The summed E-state index contributed by atoms with van der Waals surface area (Å²) in [7, 11) is 6.51. The van der Waals surface area contributed by atoms with Gasteiger partial charge in [0.15, 0.2) is 0 Å². The van der Waals surface area contributed by atoms with E-state index in [0.717, 1.165) is 0 Å². The number of hydrogen-bond donors (Lipinski definition) is 0. The van der Waals surface area contributed by atoms with Gasteiger partial charge in [0.05, 0.1) is 0 Å². The van der Waals surface area contributed by atoms with Crippen LogP contribution in [0, 0.1) is 0 Å². The smallest absolute Gasteiger partial charge is 0.360 e. The lowest BCUT2D eigenvalue weighted by molar-refractivity contribution is 0.560. The third-order valence-electron chi connectivity index (χ3n) is 3.03. The molecule has 12 heavy (non-hydrogen) atoms. The van der Waals surface area contributed by atoms with Crippen molar-refractivity contribution in [2.24, 2.45) is 0 Å². The van der Waals surface area contributed by atoms with E-state index in [0.29, 0.717) is 18.8 Å². The van der Waals surface area contributed by atoms with Crippen LogP contribution in [0.2, 0.25) is 13.6 Å². The number of rotatable bonds is 0. The molecule has 3 nitrogen and oxygen atoms in total. The summed E-state index contributed by atoms with van der Waals surface area (Å²) in [6.45, 7) is 5.54. The zero-order chi connectivity index (χ0) is 9.46. The Morgan fingerprint density at radius 2 is 1.17 bits per heavy atom. The van der Waals surface area contributed by atoms with Crippen LogP contribution in [0.4, 0.5) is 0 Å². The van der Waals surface area contributed by atoms with Gasteiger partial charge in [0.25, 0.3) is 14.0 Å². The Morgan fingerprint density at radius 1 is 0.833 bits per heavy atom. The summed E-state index contributed by atoms with van der Waals surface area (Å²) >= 11 is 2.47. The third kappa shape index (κ3) is 1.69. The fourth-order valence-electron chi connectivity index (χ4n) is 1.53. The Bertz CT molecular complexity index is 113. The van der Waals surface area contributed by atoms with E-state index in [2.05, 4.69) is 71.3 Å². The van der Waals surface area contributed by atoms with E-state index in [4.69, 9.17) is 0 Å². The Balaban J connectivity index is 2.76. The second kappa shape index (κ2) is 3.90. The van der Waals surface area contributed by atoms with Gasteiger partial charge in [-0.05, 0) is 21.1 Å². The molecular weight excluding hydrogens is 261 g/mol. The van der Waals surface area contributed by atoms with Gasteiger partial charge in [-0.3, -0.25) is 0 Å². The minimum Gasteiger partial charge on any atom is -0.360 e. The molecule has 0 aromatic carbocycles. The van der Waals surface area contributed by atoms with Crippen LogP contribution >= 0.6 is 22.4 Å². The van der Waals surface area contributed by atoms with Gasteiger partial charge in [0.2, 0.25) is 0 Å². The van der Waals surface area contributed by atoms with E-state index >= 15 is 0 Å². The first-order valence-electron chi connectivity index (χ1n) is 4.26. The first-order valence-corrected chi connectivity index (χ1v) is 5.51. The lowest BCUT2D eigenvalue weighted by Gasteiger charge is -2.46. The van der Waals surface area contributed by atoms with Crippen LogP contribution in [0.5, 0.6) is 0 Å². The normalized spacial score (nSPS) is 24.0. The minimum atomic E-state index is 0.504. The molecule has 0 N–H and O–H groups in total. The average Bonchev–Trinajstić information content (AvgIpc) is 2.08. The monoisotopic (exact) mass is 277 g/mol. The van der Waals surface area contributed by atoms with Crippen molar-refractivity contribution < 1.29 is 0 Å². The van der Waals surface area contributed by atoms with Gasteiger partial charge in [0.1, 0.15) is 0 Å². The van der Waals surface area contributed by atoms with Crippen molar-refractivity contribution in [3.05, 3.63) is 0 Å². The van der Waals surface area contributed by atoms with Crippen molar-refractivity contribution in [2.75, 3.05) is 21.1 Å². The first-order chi connectivity index (χ1) is 5.46. The van der Waals surface area contributed by atoms with Gasteiger partial charge in [-0.1, -0.05) is 13.6 Å². The van der Waals surface area contributed by atoms with Gasteiger partial charge in [-0.2, -0.15) is 0 Å². The molecule has 1 fully saturated rings. The number of hydrogen-bond acceptors (Lipinski definition) is 3. The van der Waals surface area contributed by atoms with Crippen molar-refractivity contribution >= 4 is 41.2 Å². The SMILES string of the molecule is CB1N(C)B(C)N(C)B(I)N1C. The fourth-order valence-corrected chi connectivity index (χ4v) is 2.46. The van der Waals surface area contributed by atoms with E-state index in [9.17, 15) is 0 Å². The maximum absolute atomic E-state index is 2.47. The summed E-state index contributed by atoms with van der Waals surface area (Å²) in [6.07, 6.45) is 0. The molecule has 1 heterocycles. The van der Waals surface area contributed by atoms with Crippen molar-refractivity contribution in [1.29, 1.82) is 0 Å². The lowest BCUT2D eigenvalue weighted by atomic mass is 9.52. The van der Waals surface area contributed by atoms with Crippen molar-refractivity contribution in [2.45, 2.75) is 13.6 Å². The second-order valence-corrected chi connectivity index (χ2v) is 4.68. The summed E-state index contributed by atoms with van der Waals surface area (Å²) in [5.41, 5.74) is 0. The van der Waals surface area contributed by atoms with E-state index < -0.39 is 0 Å². The zero-order valence-electron chi connectivity index (χ0n) is 8.45. The molecule has 0 spiro atoms. The lowest BCUT2D eigenvalue weighted by Crippen LogP contribution is -2.71. The Hall–Kier alpha value is 0.805. The molecule has 1 aliphatic rings. The van der Waals surface area contributed by atoms with Crippen LogP contribution in [0.1, 0.15) is 0 Å². The molecule has 0 aromatic heterocycles. The van der Waals surface area contributed by atoms with E-state index in [1.165, 1.54) is 0 Å². The number of nitrogens with zero attached hydrogens (tertiary/aromatic N) is 3. The van der Waals surface area contributed by atoms with Gasteiger partial charge in [0, 0.05) is 0 Å². The summed E-state index contributed by atoms with van der Waals surface area (Å²) in [6, 6.07) is 0. The molecule has 0 atom stereocenters. The van der Waals surface area contributed by atoms with Crippen LogP contribution in [0.25, 0.3) is 0 Å². The molecule has 1 rings (SSSR count). The summed E-state index contributed by atoms with van der Waals surface area (Å²) in [5, 5.41) is 0. The summed E-state index contributed by atoms with van der Waals surface area (Å²) in [5.74, 6) is 0. The van der Waals surface area contributed by atoms with Crippen LogP contribution < -0.4 is 0 Å². The Kier molecular flexibility index (Phi) is 3.53. The molecule has 1 aliphatic heterocycles. The maximum atomic E-state index is 2.47. The molecule has 0 amide bonds. The summed E-state index contributed by atoms with van der Waals surface area (Å²) in [4.78, 5) is 0.504. The van der Waals surface area contributed by atoms with Crippen molar-refractivity contribution in [3.8, 4) is 0 Å². The van der Waals surface area contributed by atoms with Crippen molar-refractivity contribution in [3.63, 3.8) is 0 Å². The second-order valence-electron chi connectivity index (χ2n) is 3.57. The average molecular weight is 277 g/mol. The zero-order valence-corrected chi connectivity index (χ0v) is 10.6. The highest BCUT2D eigenvalue weighted by atomic mass is 127. The Morgan fingerprint density at radius 3 is 1.50 bits per heavy atom. The van der Waals surface area contributed by atoms with Crippen molar-refractivity contribution in [1.82, 2.24) is 14.2 Å². The molecule has 0 unspecified atom stereocenters. The fraction of sp³-hybridized carbons (Fsp3) is 1.00. The van der Waals surface area contributed by atoms with Gasteiger partial charge in [-0.25, -0.2) is 0 Å². The quantitative estimate of drug-likeness (QED) is 0.470. The maximum Gasteiger partial charge on any atom is 0.364 e. The largest absolute Gasteiger partial charge is 0.364 e. The summed E-state index contributed by atoms with van der Waals surface area (Å²) < 4.78 is 7.09. The molecule has 7 heteroatoms. The molecule has 0 saturated carbocycles. The van der Waals surface area contributed by atoms with Crippen LogP contribution in [0.15, 0.2) is 0 Å². The molecule has 0 bridgehead atoms. The highest BCUT2D eigenvalue weighted by Gasteiger charge is 2.42. The van der Waals surface area contributed by atoms with Gasteiger partial charge < -0.3 is 14.2 Å². The van der Waals surface area contributed by atoms with Crippen LogP contribution in [-0.2, 0) is 0 Å². The predicted molar refractivity (Wildman–Crippen MR) is 66.3 cm³/mol. The standard InChI is InChI=1S/C5H15B3IN3/c1-6-10(3)7(2)12(5)8(9)11(6)4/h1-5H3. The van der Waals surface area contributed by atoms with E-state index in [1.54, 1.807) is 0 Å². The molecule has 0 radical (unpaired) electrons. The molecule has 1 saturated heterocycles. The van der Waals surface area contributed by atoms with Gasteiger partial charge >= 0.3 is 4.84 Å². The minimum absolute atomic E-state index is 0.504. The van der Waals surface area contributed by atoms with Crippen LogP contribution in [-0.4, -0.2) is 54.1 Å². The highest BCUT2D eigenvalue weighted by molar-refractivity contribution is 14.1. The predicted octanol–water partition coefficient (Wildman–Crippen LogP) is 0.451. The highest BCUT2D eigenvalue weighted by Crippen LogP contribution is 2.18. The number of halogens is 1. The molecule has 66 valence electrons. The van der Waals surface area contributed by atoms with Gasteiger partial charge in [-0.15, -0.1) is 22.4 Å². The Labute approximate surface area is 90.1 Å². The topological polar surface area (TPSA) is 9.72 Å². The first kappa shape index (κ1) is 10.9. The van der Waals surface area contributed by atoms with Crippen LogP contribution in [0.3, 0.4) is 0 Å². The van der Waals surface area contributed by atoms with E-state index in [1.807, 2.05) is 0 Å². The van der Waals surface area contributed by atoms with E-state index in [-0.39, 0.29) is 0 Å². The molecule has 0 aromatic rings. The molecular formula is C5H15B3IN3. The third-order valence-corrected chi connectivity index (χ3v) is 4.79.